The summed E-state index contributed by atoms with van der Waals surface area (Å²) in [6.45, 7) is 3.88. The molecule has 1 aliphatic heterocycles. The molecule has 27 heavy (non-hydrogen) atoms. The number of hydrogen-bond donors (Lipinski definition) is 0. The van der Waals surface area contributed by atoms with Crippen molar-refractivity contribution in [2.24, 2.45) is 5.92 Å². The Hall–Kier alpha value is -3.08. The lowest BCUT2D eigenvalue weighted by Crippen LogP contribution is -2.27. The molecule has 140 valence electrons. The van der Waals surface area contributed by atoms with Gasteiger partial charge in [0.25, 0.3) is 0 Å². The van der Waals surface area contributed by atoms with Crippen molar-refractivity contribution in [1.29, 1.82) is 0 Å². The summed E-state index contributed by atoms with van der Waals surface area (Å²) >= 11 is 0. The average Bonchev–Trinajstić information content (AvgIpc) is 3.10. The number of carbonyl (C=O) groups excluding carboxylic acids is 2. The van der Waals surface area contributed by atoms with Crippen LogP contribution in [0.3, 0.4) is 0 Å². The van der Waals surface area contributed by atoms with Gasteiger partial charge in [-0.05, 0) is 19.4 Å². The maximum Gasteiger partial charge on any atom is 0.338 e. The van der Waals surface area contributed by atoms with E-state index in [9.17, 15) is 9.59 Å². The third-order valence-corrected chi connectivity index (χ3v) is 4.30. The molecule has 1 heterocycles. The normalized spacial score (nSPS) is 18.7. The van der Waals surface area contributed by atoms with Gasteiger partial charge in [-0.1, -0.05) is 60.7 Å². The first-order chi connectivity index (χ1) is 13.2. The van der Waals surface area contributed by atoms with Crippen LogP contribution in [0.4, 0.5) is 0 Å². The van der Waals surface area contributed by atoms with Gasteiger partial charge in [0.05, 0.1) is 18.8 Å². The topological polar surface area (TPSA) is 61.8 Å². The first kappa shape index (κ1) is 18.7. The SMILES string of the molecule is CCOC(=O)C1=C(c2ccccc2)O[C@@H](c2ccccc2)[C@H]1C(=O)OCC. The molecule has 0 saturated carbocycles. The second-order valence-corrected chi connectivity index (χ2v) is 6.01. The van der Waals surface area contributed by atoms with E-state index >= 15 is 0 Å². The van der Waals surface area contributed by atoms with E-state index in [4.69, 9.17) is 14.2 Å². The molecule has 0 radical (unpaired) electrons. The van der Waals surface area contributed by atoms with Gasteiger partial charge in [0.1, 0.15) is 17.8 Å². The highest BCUT2D eigenvalue weighted by molar-refractivity contribution is 6.03. The molecular formula is C22H22O5. The third kappa shape index (κ3) is 3.87. The van der Waals surface area contributed by atoms with Crippen molar-refractivity contribution in [2.75, 3.05) is 13.2 Å². The van der Waals surface area contributed by atoms with Gasteiger partial charge in [-0.2, -0.15) is 0 Å². The Kier molecular flexibility index (Phi) is 5.91. The van der Waals surface area contributed by atoms with Crippen LogP contribution in [0.1, 0.15) is 31.1 Å². The molecule has 0 aromatic heterocycles. The van der Waals surface area contributed by atoms with Crippen LogP contribution in [-0.4, -0.2) is 25.2 Å². The fraction of sp³-hybridized carbons (Fsp3) is 0.273. The van der Waals surface area contributed by atoms with Gasteiger partial charge in [-0.3, -0.25) is 4.79 Å². The number of ether oxygens (including phenoxy) is 3. The van der Waals surface area contributed by atoms with Crippen molar-refractivity contribution >= 4 is 17.7 Å². The van der Waals surface area contributed by atoms with E-state index in [0.717, 1.165) is 5.56 Å². The summed E-state index contributed by atoms with van der Waals surface area (Å²) in [5, 5.41) is 0. The Morgan fingerprint density at radius 3 is 2.07 bits per heavy atom. The second kappa shape index (κ2) is 8.54. The van der Waals surface area contributed by atoms with Crippen molar-refractivity contribution in [2.45, 2.75) is 20.0 Å². The molecule has 0 saturated heterocycles. The molecule has 0 N–H and O–H groups in total. The highest BCUT2D eigenvalue weighted by Crippen LogP contribution is 2.46. The highest BCUT2D eigenvalue weighted by Gasteiger charge is 2.47. The summed E-state index contributed by atoms with van der Waals surface area (Å²) < 4.78 is 16.7. The summed E-state index contributed by atoms with van der Waals surface area (Å²) in [4.78, 5) is 25.5. The van der Waals surface area contributed by atoms with Gasteiger partial charge in [0, 0.05) is 5.56 Å². The fourth-order valence-corrected chi connectivity index (χ4v) is 3.17. The van der Waals surface area contributed by atoms with Crippen molar-refractivity contribution < 1.29 is 23.8 Å². The van der Waals surface area contributed by atoms with E-state index in [0.29, 0.717) is 11.3 Å². The zero-order chi connectivity index (χ0) is 19.2. The van der Waals surface area contributed by atoms with Gasteiger partial charge in [0.15, 0.2) is 0 Å². The van der Waals surface area contributed by atoms with Crippen LogP contribution in [0, 0.1) is 5.92 Å². The number of rotatable bonds is 6. The average molecular weight is 366 g/mol. The molecule has 0 aliphatic carbocycles. The fourth-order valence-electron chi connectivity index (χ4n) is 3.17. The van der Waals surface area contributed by atoms with E-state index < -0.39 is 24.0 Å². The van der Waals surface area contributed by atoms with E-state index in [-0.39, 0.29) is 18.8 Å². The predicted octanol–water partition coefficient (Wildman–Crippen LogP) is 3.91. The molecule has 5 nitrogen and oxygen atoms in total. The highest BCUT2D eigenvalue weighted by atomic mass is 16.6. The summed E-state index contributed by atoms with van der Waals surface area (Å²) in [6.07, 6.45) is -0.653. The van der Waals surface area contributed by atoms with Gasteiger partial charge in [-0.25, -0.2) is 4.79 Å². The molecule has 0 fully saturated rings. The van der Waals surface area contributed by atoms with E-state index in [1.54, 1.807) is 13.8 Å². The molecule has 0 spiro atoms. The largest absolute Gasteiger partial charge is 0.483 e. The lowest BCUT2D eigenvalue weighted by Gasteiger charge is -2.19. The smallest absolute Gasteiger partial charge is 0.338 e. The van der Waals surface area contributed by atoms with E-state index in [2.05, 4.69) is 0 Å². The second-order valence-electron chi connectivity index (χ2n) is 6.01. The third-order valence-electron chi connectivity index (χ3n) is 4.30. The Morgan fingerprint density at radius 2 is 1.48 bits per heavy atom. The molecule has 2 atom stereocenters. The standard InChI is InChI=1S/C22H22O5/c1-3-25-21(23)17-18(22(24)26-4-2)20(16-13-9-6-10-14-16)27-19(17)15-11-7-5-8-12-15/h5-14,17,19H,3-4H2,1-2H3/t17-,19-/m0/s1. The van der Waals surface area contributed by atoms with Crippen LogP contribution in [0.15, 0.2) is 66.2 Å². The van der Waals surface area contributed by atoms with Crippen LogP contribution in [0.2, 0.25) is 0 Å². The minimum absolute atomic E-state index is 0.204. The molecule has 2 aromatic rings. The summed E-state index contributed by atoms with van der Waals surface area (Å²) in [7, 11) is 0. The quantitative estimate of drug-likeness (QED) is 0.726. The Labute approximate surface area is 158 Å². The van der Waals surface area contributed by atoms with Crippen molar-refractivity contribution in [3.05, 3.63) is 77.4 Å². The van der Waals surface area contributed by atoms with Crippen LogP contribution in [0.25, 0.3) is 5.76 Å². The van der Waals surface area contributed by atoms with Gasteiger partial charge in [-0.15, -0.1) is 0 Å². The summed E-state index contributed by atoms with van der Waals surface area (Å²) in [5.74, 6) is -1.59. The van der Waals surface area contributed by atoms with Crippen LogP contribution < -0.4 is 0 Å². The first-order valence-electron chi connectivity index (χ1n) is 9.02. The van der Waals surface area contributed by atoms with E-state index in [1.165, 1.54) is 0 Å². The van der Waals surface area contributed by atoms with Gasteiger partial charge in [0.2, 0.25) is 0 Å². The summed E-state index contributed by atoms with van der Waals surface area (Å²) in [6, 6.07) is 18.6. The van der Waals surface area contributed by atoms with Gasteiger partial charge < -0.3 is 14.2 Å². The lowest BCUT2D eigenvalue weighted by molar-refractivity contribution is -0.152. The van der Waals surface area contributed by atoms with Crippen LogP contribution in [-0.2, 0) is 23.8 Å². The maximum absolute atomic E-state index is 12.8. The molecule has 2 aromatic carbocycles. The number of esters is 2. The number of hydrogen-bond acceptors (Lipinski definition) is 5. The monoisotopic (exact) mass is 366 g/mol. The minimum atomic E-state index is -0.887. The Morgan fingerprint density at radius 1 is 0.889 bits per heavy atom. The van der Waals surface area contributed by atoms with Crippen molar-refractivity contribution in [3.63, 3.8) is 0 Å². The molecule has 0 bridgehead atoms. The van der Waals surface area contributed by atoms with Gasteiger partial charge >= 0.3 is 11.9 Å². The molecule has 0 amide bonds. The van der Waals surface area contributed by atoms with Crippen LogP contribution >= 0.6 is 0 Å². The molecule has 5 heteroatoms. The number of carbonyl (C=O) groups is 2. The lowest BCUT2D eigenvalue weighted by atomic mass is 9.89. The van der Waals surface area contributed by atoms with Crippen molar-refractivity contribution in [1.82, 2.24) is 0 Å². The summed E-state index contributed by atoms with van der Waals surface area (Å²) in [5.41, 5.74) is 1.71. The zero-order valence-corrected chi connectivity index (χ0v) is 15.4. The van der Waals surface area contributed by atoms with Crippen LogP contribution in [0.5, 0.6) is 0 Å². The molecular weight excluding hydrogens is 344 g/mol. The molecule has 1 aliphatic rings. The van der Waals surface area contributed by atoms with E-state index in [1.807, 2.05) is 60.7 Å². The maximum atomic E-state index is 12.8. The predicted molar refractivity (Wildman–Crippen MR) is 100 cm³/mol. The first-order valence-corrected chi connectivity index (χ1v) is 9.02. The minimum Gasteiger partial charge on any atom is -0.483 e. The van der Waals surface area contributed by atoms with Crippen molar-refractivity contribution in [3.8, 4) is 0 Å². The Bertz CT molecular complexity index is 826. The Balaban J connectivity index is 2.13. The molecule has 0 unspecified atom stereocenters. The molecule has 3 rings (SSSR count). The zero-order valence-electron chi connectivity index (χ0n) is 15.4. The number of benzene rings is 2.